The van der Waals surface area contributed by atoms with Gasteiger partial charge in [0.1, 0.15) is 5.82 Å². The van der Waals surface area contributed by atoms with Gasteiger partial charge in [-0.3, -0.25) is 0 Å². The number of rotatable bonds is 7. The summed E-state index contributed by atoms with van der Waals surface area (Å²) >= 11 is 0. The van der Waals surface area contributed by atoms with Crippen LogP contribution in [-0.4, -0.2) is 16.5 Å². The monoisotopic (exact) mass is 354 g/mol. The topological polar surface area (TPSA) is 49.8 Å². The molecule has 1 heterocycles. The first-order valence-corrected chi connectivity index (χ1v) is 8.46. The van der Waals surface area contributed by atoms with Crippen molar-refractivity contribution in [2.75, 3.05) is 17.2 Å². The van der Waals surface area contributed by atoms with E-state index in [1.165, 1.54) is 11.6 Å². The van der Waals surface area contributed by atoms with Crippen LogP contribution in [0, 0.1) is 18.6 Å². The van der Waals surface area contributed by atoms with Gasteiger partial charge in [0.05, 0.1) is 0 Å². The molecule has 3 rings (SSSR count). The van der Waals surface area contributed by atoms with Gasteiger partial charge in [0.15, 0.2) is 11.6 Å². The Bertz CT molecular complexity index is 869. The Kier molecular flexibility index (Phi) is 5.73. The van der Waals surface area contributed by atoms with E-state index >= 15 is 0 Å². The fourth-order valence-electron chi connectivity index (χ4n) is 2.57. The van der Waals surface area contributed by atoms with E-state index in [0.29, 0.717) is 17.5 Å². The Morgan fingerprint density at radius 3 is 2.50 bits per heavy atom. The zero-order valence-corrected chi connectivity index (χ0v) is 14.5. The molecular formula is C20H20F2N4. The van der Waals surface area contributed by atoms with E-state index in [0.717, 1.165) is 37.2 Å². The number of nitrogens with one attached hydrogen (secondary N) is 2. The fraction of sp³-hybridized carbons (Fsp3) is 0.200. The third kappa shape index (κ3) is 4.99. The van der Waals surface area contributed by atoms with Gasteiger partial charge in [-0.2, -0.15) is 4.98 Å². The van der Waals surface area contributed by atoms with Crippen LogP contribution in [0.3, 0.4) is 0 Å². The van der Waals surface area contributed by atoms with Gasteiger partial charge in [0.2, 0.25) is 5.95 Å². The Hall–Kier alpha value is -3.02. The number of aromatic nitrogens is 2. The molecule has 2 aromatic carbocycles. The van der Waals surface area contributed by atoms with Crippen LogP contribution in [0.2, 0.25) is 0 Å². The lowest BCUT2D eigenvalue weighted by Gasteiger charge is -2.10. The second-order valence-electron chi connectivity index (χ2n) is 5.99. The highest BCUT2D eigenvalue weighted by Crippen LogP contribution is 2.18. The maximum absolute atomic E-state index is 13.3. The van der Waals surface area contributed by atoms with E-state index in [9.17, 15) is 8.78 Å². The summed E-state index contributed by atoms with van der Waals surface area (Å²) in [4.78, 5) is 8.65. The minimum absolute atomic E-state index is 0.335. The van der Waals surface area contributed by atoms with Crippen LogP contribution < -0.4 is 10.6 Å². The van der Waals surface area contributed by atoms with Gasteiger partial charge in [-0.05, 0) is 37.5 Å². The standard InChI is InChI=1S/C20H20F2N4/c1-14-12-19(23-11-5-8-15-6-3-2-4-7-15)26-20(24-14)25-16-9-10-17(21)18(22)13-16/h2-4,6-7,9-10,12-13H,5,8,11H2,1H3,(H2,23,24,25,26). The van der Waals surface area contributed by atoms with Gasteiger partial charge >= 0.3 is 0 Å². The first-order valence-electron chi connectivity index (χ1n) is 8.46. The van der Waals surface area contributed by atoms with Crippen LogP contribution in [0.4, 0.5) is 26.2 Å². The molecule has 2 N–H and O–H groups in total. The van der Waals surface area contributed by atoms with Crippen molar-refractivity contribution in [1.82, 2.24) is 9.97 Å². The van der Waals surface area contributed by atoms with Gasteiger partial charge in [0, 0.05) is 30.1 Å². The molecule has 134 valence electrons. The maximum Gasteiger partial charge on any atom is 0.229 e. The molecule has 0 aliphatic rings. The Morgan fingerprint density at radius 2 is 1.73 bits per heavy atom. The highest BCUT2D eigenvalue weighted by Gasteiger charge is 2.06. The second kappa shape index (κ2) is 8.38. The summed E-state index contributed by atoms with van der Waals surface area (Å²) in [5.41, 5.74) is 2.47. The van der Waals surface area contributed by atoms with Crippen LogP contribution in [0.25, 0.3) is 0 Å². The number of aryl methyl sites for hydroxylation is 2. The normalized spacial score (nSPS) is 10.6. The first kappa shape index (κ1) is 17.8. The molecule has 26 heavy (non-hydrogen) atoms. The number of nitrogens with zero attached hydrogens (tertiary/aromatic N) is 2. The smallest absolute Gasteiger partial charge is 0.229 e. The summed E-state index contributed by atoms with van der Waals surface area (Å²) in [7, 11) is 0. The highest BCUT2D eigenvalue weighted by atomic mass is 19.2. The molecule has 0 aliphatic heterocycles. The molecule has 1 aromatic heterocycles. The van der Waals surface area contributed by atoms with Crippen molar-refractivity contribution in [3.8, 4) is 0 Å². The van der Waals surface area contributed by atoms with Gasteiger partial charge in [0.25, 0.3) is 0 Å². The SMILES string of the molecule is Cc1cc(NCCCc2ccccc2)nc(Nc2ccc(F)c(F)c2)n1. The molecule has 4 nitrogen and oxygen atoms in total. The summed E-state index contributed by atoms with van der Waals surface area (Å²) in [6.45, 7) is 2.63. The van der Waals surface area contributed by atoms with E-state index in [-0.39, 0.29) is 0 Å². The van der Waals surface area contributed by atoms with Crippen LogP contribution >= 0.6 is 0 Å². The lowest BCUT2D eigenvalue weighted by Crippen LogP contribution is -2.07. The van der Waals surface area contributed by atoms with E-state index in [4.69, 9.17) is 0 Å². The molecule has 3 aromatic rings. The summed E-state index contributed by atoms with van der Waals surface area (Å²) in [6, 6.07) is 15.7. The van der Waals surface area contributed by atoms with E-state index in [1.54, 1.807) is 0 Å². The van der Waals surface area contributed by atoms with Gasteiger partial charge in [-0.25, -0.2) is 13.8 Å². The van der Waals surface area contributed by atoms with Crippen LogP contribution in [0.1, 0.15) is 17.7 Å². The number of halogens is 2. The lowest BCUT2D eigenvalue weighted by atomic mass is 10.1. The molecular weight excluding hydrogens is 334 g/mol. The van der Waals surface area contributed by atoms with Crippen LogP contribution in [0.15, 0.2) is 54.6 Å². The van der Waals surface area contributed by atoms with Crippen molar-refractivity contribution >= 4 is 17.5 Å². The van der Waals surface area contributed by atoms with Crippen molar-refractivity contribution in [3.63, 3.8) is 0 Å². The summed E-state index contributed by atoms with van der Waals surface area (Å²) < 4.78 is 26.3. The molecule has 0 aliphatic carbocycles. The third-order valence-electron chi connectivity index (χ3n) is 3.82. The van der Waals surface area contributed by atoms with Gasteiger partial charge in [-0.1, -0.05) is 30.3 Å². The number of hydrogen-bond acceptors (Lipinski definition) is 4. The fourth-order valence-corrected chi connectivity index (χ4v) is 2.57. The largest absolute Gasteiger partial charge is 0.370 e. The summed E-state index contributed by atoms with van der Waals surface area (Å²) in [5.74, 6) is -0.777. The minimum Gasteiger partial charge on any atom is -0.370 e. The van der Waals surface area contributed by atoms with Crippen LogP contribution in [0.5, 0.6) is 0 Å². The number of hydrogen-bond donors (Lipinski definition) is 2. The molecule has 0 saturated carbocycles. The van der Waals surface area contributed by atoms with Crippen molar-refractivity contribution < 1.29 is 8.78 Å². The Balaban J connectivity index is 1.59. The second-order valence-corrected chi connectivity index (χ2v) is 5.99. The molecule has 0 spiro atoms. The predicted octanol–water partition coefficient (Wildman–Crippen LogP) is 4.85. The van der Waals surface area contributed by atoms with E-state index < -0.39 is 11.6 Å². The van der Waals surface area contributed by atoms with Gasteiger partial charge in [-0.15, -0.1) is 0 Å². The zero-order valence-electron chi connectivity index (χ0n) is 14.5. The Labute approximate surface area is 151 Å². The zero-order chi connectivity index (χ0) is 18.4. The molecule has 0 radical (unpaired) electrons. The highest BCUT2D eigenvalue weighted by molar-refractivity contribution is 5.55. The average molecular weight is 354 g/mol. The quantitative estimate of drug-likeness (QED) is 0.596. The average Bonchev–Trinajstić information content (AvgIpc) is 2.62. The minimum atomic E-state index is -0.915. The maximum atomic E-state index is 13.3. The molecule has 0 unspecified atom stereocenters. The van der Waals surface area contributed by atoms with Gasteiger partial charge < -0.3 is 10.6 Å². The first-order chi connectivity index (χ1) is 12.6. The molecule has 0 amide bonds. The summed E-state index contributed by atoms with van der Waals surface area (Å²) in [5, 5.41) is 6.18. The van der Waals surface area contributed by atoms with Crippen molar-refractivity contribution in [2.24, 2.45) is 0 Å². The Morgan fingerprint density at radius 1 is 0.923 bits per heavy atom. The molecule has 0 fully saturated rings. The van der Waals surface area contributed by atoms with E-state index in [2.05, 4.69) is 32.7 Å². The molecule has 6 heteroatoms. The van der Waals surface area contributed by atoms with Crippen molar-refractivity contribution in [2.45, 2.75) is 19.8 Å². The van der Waals surface area contributed by atoms with E-state index in [1.807, 2.05) is 31.2 Å². The number of benzene rings is 2. The summed E-state index contributed by atoms with van der Waals surface area (Å²) in [6.07, 6.45) is 1.96. The third-order valence-corrected chi connectivity index (χ3v) is 3.82. The molecule has 0 bridgehead atoms. The van der Waals surface area contributed by atoms with Crippen molar-refractivity contribution in [1.29, 1.82) is 0 Å². The van der Waals surface area contributed by atoms with Crippen molar-refractivity contribution in [3.05, 3.63) is 77.5 Å². The molecule has 0 saturated heterocycles. The predicted molar refractivity (Wildman–Crippen MR) is 99.7 cm³/mol. The molecule has 0 atom stereocenters. The van der Waals surface area contributed by atoms with Crippen LogP contribution in [-0.2, 0) is 6.42 Å². The number of anilines is 3. The lowest BCUT2D eigenvalue weighted by molar-refractivity contribution is 0.509.